The van der Waals surface area contributed by atoms with E-state index in [1.54, 1.807) is 23.3 Å². The number of benzene rings is 1. The highest BCUT2D eigenvalue weighted by Crippen LogP contribution is 2.25. The molecular formula is C20H19N3O4. The number of likely N-dealkylation sites (tertiary alicyclic amines) is 1. The van der Waals surface area contributed by atoms with Gasteiger partial charge >= 0.3 is 0 Å². The minimum absolute atomic E-state index is 0.0653. The number of nitrogens with zero attached hydrogens (tertiary/aromatic N) is 2. The Morgan fingerprint density at radius 3 is 2.85 bits per heavy atom. The monoisotopic (exact) mass is 365 g/mol. The minimum atomic E-state index is -0.430. The van der Waals surface area contributed by atoms with Gasteiger partial charge in [0, 0.05) is 24.6 Å². The molecule has 0 aliphatic carbocycles. The Bertz CT molecular complexity index is 944. The molecule has 2 aromatic heterocycles. The van der Waals surface area contributed by atoms with Crippen molar-refractivity contribution >= 4 is 17.7 Å². The highest BCUT2D eigenvalue weighted by atomic mass is 16.5. The third-order valence-corrected chi connectivity index (χ3v) is 4.62. The molecule has 1 aromatic carbocycles. The summed E-state index contributed by atoms with van der Waals surface area (Å²) in [6, 6.07) is 13.1. The van der Waals surface area contributed by atoms with Crippen LogP contribution in [0.2, 0.25) is 0 Å². The number of anilines is 1. The van der Waals surface area contributed by atoms with E-state index >= 15 is 0 Å². The van der Waals surface area contributed by atoms with Gasteiger partial charge in [-0.15, -0.1) is 0 Å². The van der Waals surface area contributed by atoms with Crippen LogP contribution in [0.3, 0.4) is 0 Å². The average molecular weight is 365 g/mol. The van der Waals surface area contributed by atoms with Crippen molar-refractivity contribution in [2.75, 3.05) is 11.9 Å². The van der Waals surface area contributed by atoms with Crippen molar-refractivity contribution in [1.82, 2.24) is 10.1 Å². The Morgan fingerprint density at radius 1 is 1.30 bits per heavy atom. The Kier molecular flexibility index (Phi) is 4.50. The number of hydrogen-bond acceptors (Lipinski definition) is 5. The van der Waals surface area contributed by atoms with Gasteiger partial charge in [-0.05, 0) is 19.1 Å². The van der Waals surface area contributed by atoms with Gasteiger partial charge in [-0.3, -0.25) is 14.9 Å². The quantitative estimate of drug-likeness (QED) is 0.750. The molecule has 1 fully saturated rings. The highest BCUT2D eigenvalue weighted by Gasteiger charge is 2.35. The molecule has 0 unspecified atom stereocenters. The predicted octanol–water partition coefficient (Wildman–Crippen LogP) is 3.23. The number of amides is 2. The van der Waals surface area contributed by atoms with E-state index < -0.39 is 5.92 Å². The maximum Gasteiger partial charge on any atom is 0.232 e. The molecule has 1 saturated heterocycles. The van der Waals surface area contributed by atoms with Crippen molar-refractivity contribution in [1.29, 1.82) is 0 Å². The van der Waals surface area contributed by atoms with Crippen molar-refractivity contribution in [3.8, 4) is 11.3 Å². The lowest BCUT2D eigenvalue weighted by Gasteiger charge is -2.14. The van der Waals surface area contributed by atoms with E-state index in [1.165, 1.54) is 0 Å². The van der Waals surface area contributed by atoms with Gasteiger partial charge in [-0.2, -0.15) is 0 Å². The topological polar surface area (TPSA) is 88.6 Å². The number of carbonyl (C=O) groups excluding carboxylic acids is 2. The average Bonchev–Trinajstić information content (AvgIpc) is 3.39. The Morgan fingerprint density at radius 2 is 2.11 bits per heavy atom. The predicted molar refractivity (Wildman–Crippen MR) is 97.5 cm³/mol. The molecule has 0 saturated carbocycles. The summed E-state index contributed by atoms with van der Waals surface area (Å²) in [6.45, 7) is 2.73. The lowest BCUT2D eigenvalue weighted by Crippen LogP contribution is -2.27. The van der Waals surface area contributed by atoms with Crippen LogP contribution in [0.4, 0.5) is 5.88 Å². The molecule has 0 radical (unpaired) electrons. The Labute approximate surface area is 155 Å². The summed E-state index contributed by atoms with van der Waals surface area (Å²) in [5, 5.41) is 6.71. The molecule has 7 heteroatoms. The molecule has 3 heterocycles. The molecule has 27 heavy (non-hydrogen) atoms. The summed E-state index contributed by atoms with van der Waals surface area (Å²) in [4.78, 5) is 26.3. The highest BCUT2D eigenvalue weighted by molar-refractivity contribution is 5.96. The van der Waals surface area contributed by atoms with Crippen molar-refractivity contribution in [3.63, 3.8) is 0 Å². The lowest BCUT2D eigenvalue weighted by atomic mass is 10.1. The summed E-state index contributed by atoms with van der Waals surface area (Å²) in [7, 11) is 0. The van der Waals surface area contributed by atoms with Crippen LogP contribution in [0, 0.1) is 12.8 Å². The smallest absolute Gasteiger partial charge is 0.232 e. The fraction of sp³-hybridized carbons (Fsp3) is 0.250. The van der Waals surface area contributed by atoms with Gasteiger partial charge in [0.25, 0.3) is 0 Å². The third kappa shape index (κ3) is 3.76. The van der Waals surface area contributed by atoms with Crippen LogP contribution >= 0.6 is 0 Å². The van der Waals surface area contributed by atoms with Gasteiger partial charge in [0.15, 0.2) is 0 Å². The second kappa shape index (κ2) is 7.11. The van der Waals surface area contributed by atoms with Gasteiger partial charge in [-0.25, -0.2) is 0 Å². The molecule has 0 bridgehead atoms. The number of hydrogen-bond donors (Lipinski definition) is 1. The number of rotatable bonds is 5. The summed E-state index contributed by atoms with van der Waals surface area (Å²) >= 11 is 0. The summed E-state index contributed by atoms with van der Waals surface area (Å²) in [6.07, 6.45) is 1.74. The van der Waals surface area contributed by atoms with E-state index in [2.05, 4.69) is 10.5 Å². The Balaban J connectivity index is 1.38. The van der Waals surface area contributed by atoms with Gasteiger partial charge in [-0.1, -0.05) is 35.0 Å². The second-order valence-electron chi connectivity index (χ2n) is 6.69. The van der Waals surface area contributed by atoms with Crippen LogP contribution in [0.1, 0.15) is 17.7 Å². The first kappa shape index (κ1) is 17.1. The van der Waals surface area contributed by atoms with Crippen molar-refractivity contribution in [3.05, 3.63) is 60.1 Å². The molecule has 4 rings (SSSR count). The summed E-state index contributed by atoms with van der Waals surface area (Å²) in [5.41, 5.74) is 2.71. The maximum absolute atomic E-state index is 12.5. The number of carbonyl (C=O) groups is 2. The number of furan rings is 1. The maximum atomic E-state index is 12.5. The van der Waals surface area contributed by atoms with E-state index in [4.69, 9.17) is 8.94 Å². The molecule has 1 atom stereocenters. The molecule has 138 valence electrons. The van der Waals surface area contributed by atoms with Gasteiger partial charge < -0.3 is 13.8 Å². The van der Waals surface area contributed by atoms with Crippen molar-refractivity contribution in [2.45, 2.75) is 19.9 Å². The normalized spacial score (nSPS) is 16.7. The summed E-state index contributed by atoms with van der Waals surface area (Å²) < 4.78 is 10.5. The molecule has 7 nitrogen and oxygen atoms in total. The van der Waals surface area contributed by atoms with E-state index in [9.17, 15) is 9.59 Å². The van der Waals surface area contributed by atoms with Crippen molar-refractivity contribution in [2.24, 2.45) is 5.92 Å². The van der Waals surface area contributed by atoms with Gasteiger partial charge in [0.1, 0.15) is 11.5 Å². The van der Waals surface area contributed by atoms with Crippen LogP contribution in [-0.4, -0.2) is 28.4 Å². The zero-order valence-corrected chi connectivity index (χ0v) is 14.8. The van der Waals surface area contributed by atoms with Crippen LogP contribution < -0.4 is 5.32 Å². The molecule has 0 spiro atoms. The zero-order chi connectivity index (χ0) is 18.8. The molecule has 1 N–H and O–H groups in total. The fourth-order valence-electron chi connectivity index (χ4n) is 3.11. The number of nitrogens with one attached hydrogen (secondary N) is 1. The first-order valence-electron chi connectivity index (χ1n) is 8.73. The van der Waals surface area contributed by atoms with Crippen LogP contribution in [-0.2, 0) is 16.1 Å². The van der Waals surface area contributed by atoms with E-state index in [-0.39, 0.29) is 24.1 Å². The fourth-order valence-corrected chi connectivity index (χ4v) is 3.11. The second-order valence-corrected chi connectivity index (χ2v) is 6.69. The lowest BCUT2D eigenvalue weighted by molar-refractivity contribution is -0.128. The van der Waals surface area contributed by atoms with E-state index in [0.717, 1.165) is 11.1 Å². The molecule has 1 aliphatic heterocycles. The summed E-state index contributed by atoms with van der Waals surface area (Å²) in [5.74, 6) is 0.219. The SMILES string of the molecule is Cc1ccc(-c2cc(NC(=O)[C@@H]3CC(=O)N(Cc4ccco4)C3)on2)cc1. The number of aryl methyl sites for hydroxylation is 1. The van der Waals surface area contributed by atoms with Gasteiger partial charge in [0.05, 0.1) is 18.7 Å². The molecule has 2 amide bonds. The third-order valence-electron chi connectivity index (χ3n) is 4.62. The zero-order valence-electron chi connectivity index (χ0n) is 14.8. The van der Waals surface area contributed by atoms with E-state index in [1.807, 2.05) is 37.3 Å². The standard InChI is InChI=1S/C20H19N3O4/c1-13-4-6-14(7-5-13)17-10-18(27-22-17)21-20(25)15-9-19(24)23(11-15)12-16-3-2-8-26-16/h2-8,10,15H,9,11-12H2,1H3,(H,21,25)/t15-/m1/s1. The van der Waals surface area contributed by atoms with Crippen LogP contribution in [0.5, 0.6) is 0 Å². The molecule has 1 aliphatic rings. The van der Waals surface area contributed by atoms with Crippen molar-refractivity contribution < 1.29 is 18.5 Å². The molecule has 3 aromatic rings. The van der Waals surface area contributed by atoms with Crippen LogP contribution in [0.25, 0.3) is 11.3 Å². The molecular weight excluding hydrogens is 346 g/mol. The largest absolute Gasteiger partial charge is 0.467 e. The minimum Gasteiger partial charge on any atom is -0.467 e. The first-order valence-corrected chi connectivity index (χ1v) is 8.73. The number of aromatic nitrogens is 1. The first-order chi connectivity index (χ1) is 13.1. The Hall–Kier alpha value is -3.35. The van der Waals surface area contributed by atoms with Gasteiger partial charge in [0.2, 0.25) is 17.7 Å². The van der Waals surface area contributed by atoms with Crippen LogP contribution in [0.15, 0.2) is 57.7 Å². The van der Waals surface area contributed by atoms with E-state index in [0.29, 0.717) is 24.5 Å².